The van der Waals surface area contributed by atoms with Crippen LogP contribution >= 0.6 is 11.8 Å². The number of thioether (sulfide) groups is 1. The Morgan fingerprint density at radius 3 is 2.40 bits per heavy atom. The number of benzene rings is 1. The van der Waals surface area contributed by atoms with Crippen molar-refractivity contribution in [2.75, 3.05) is 39.6 Å². The largest absolute Gasteiger partial charge is 0.383 e. The maximum Gasteiger partial charge on any atom is 0.265 e. The molecular formula is C16H24N2O5S2. The molecule has 0 atom stereocenters. The van der Waals surface area contributed by atoms with Crippen LogP contribution in [-0.2, 0) is 19.4 Å². The van der Waals surface area contributed by atoms with Crippen LogP contribution in [0.1, 0.15) is 12.8 Å². The number of rotatable bonds is 7. The average Bonchev–Trinajstić information content (AvgIpc) is 2.65. The van der Waals surface area contributed by atoms with Gasteiger partial charge in [-0.3, -0.25) is 10.0 Å². The number of amides is 1. The molecule has 140 valence electrons. The van der Waals surface area contributed by atoms with Crippen molar-refractivity contribution in [2.24, 2.45) is 0 Å². The van der Waals surface area contributed by atoms with Gasteiger partial charge in [0, 0.05) is 31.6 Å². The molecule has 1 heterocycles. The summed E-state index contributed by atoms with van der Waals surface area (Å²) in [5, 5.41) is 9.15. The van der Waals surface area contributed by atoms with Crippen molar-refractivity contribution in [3.8, 4) is 0 Å². The van der Waals surface area contributed by atoms with Crippen LogP contribution in [0.15, 0.2) is 34.1 Å². The molecule has 0 spiro atoms. The van der Waals surface area contributed by atoms with Gasteiger partial charge in [-0.15, -0.1) is 11.8 Å². The fraction of sp³-hybridized carbons (Fsp3) is 0.562. The molecule has 7 nitrogen and oxygen atoms in total. The number of hydrogen-bond acceptors (Lipinski definition) is 7. The highest BCUT2D eigenvalue weighted by Gasteiger charge is 2.52. The lowest BCUT2D eigenvalue weighted by Crippen LogP contribution is -2.58. The number of ether oxygens (including phenoxy) is 1. The number of likely N-dealkylation sites (tertiary alicyclic amines) is 1. The third-order valence-electron chi connectivity index (χ3n) is 4.67. The number of nitrogens with one attached hydrogen (secondary N) is 1. The van der Waals surface area contributed by atoms with E-state index in [1.807, 2.05) is 6.26 Å². The van der Waals surface area contributed by atoms with E-state index < -0.39 is 20.5 Å². The first kappa shape index (κ1) is 20.2. The van der Waals surface area contributed by atoms with E-state index in [1.54, 1.807) is 24.7 Å². The molecule has 2 rings (SSSR count). The lowest BCUT2D eigenvalue weighted by molar-refractivity contribution is -0.133. The molecule has 1 saturated heterocycles. The van der Waals surface area contributed by atoms with Gasteiger partial charge in [0.2, 0.25) is 0 Å². The quantitative estimate of drug-likeness (QED) is 0.411. The van der Waals surface area contributed by atoms with Crippen molar-refractivity contribution < 1.29 is 23.2 Å². The molecule has 1 aliphatic heterocycles. The number of hydroxylamine groups is 1. The summed E-state index contributed by atoms with van der Waals surface area (Å²) in [5.74, 6) is -0.868. The molecule has 0 bridgehead atoms. The summed E-state index contributed by atoms with van der Waals surface area (Å²) in [7, 11) is -2.34. The molecule has 2 N–H and O–H groups in total. The van der Waals surface area contributed by atoms with Gasteiger partial charge in [0.15, 0.2) is 14.6 Å². The Kier molecular flexibility index (Phi) is 6.86. The Morgan fingerprint density at radius 2 is 1.92 bits per heavy atom. The van der Waals surface area contributed by atoms with E-state index in [9.17, 15) is 13.2 Å². The van der Waals surface area contributed by atoms with Crippen LogP contribution in [0, 0.1) is 0 Å². The highest BCUT2D eigenvalue weighted by molar-refractivity contribution is 7.98. The molecule has 0 aliphatic carbocycles. The summed E-state index contributed by atoms with van der Waals surface area (Å²) in [4.78, 5) is 15.5. The van der Waals surface area contributed by atoms with Crippen molar-refractivity contribution >= 4 is 27.5 Å². The second-order valence-electron chi connectivity index (χ2n) is 5.95. The maximum atomic E-state index is 13.2. The maximum absolute atomic E-state index is 13.2. The van der Waals surface area contributed by atoms with Crippen molar-refractivity contribution in [1.29, 1.82) is 0 Å². The zero-order valence-corrected chi connectivity index (χ0v) is 16.0. The fourth-order valence-corrected chi connectivity index (χ4v) is 5.42. The minimum atomic E-state index is -3.94. The summed E-state index contributed by atoms with van der Waals surface area (Å²) in [6.07, 6.45) is 2.14. The Bertz CT molecular complexity index is 683. The molecule has 1 amide bonds. The number of piperidine rings is 1. The van der Waals surface area contributed by atoms with E-state index in [0.717, 1.165) is 4.90 Å². The van der Waals surface area contributed by atoms with Crippen LogP contribution < -0.4 is 5.48 Å². The minimum Gasteiger partial charge on any atom is -0.383 e. The topological polar surface area (TPSA) is 95.9 Å². The number of sulfone groups is 1. The van der Waals surface area contributed by atoms with Gasteiger partial charge < -0.3 is 9.64 Å². The normalized spacial score (nSPS) is 18.0. The van der Waals surface area contributed by atoms with Gasteiger partial charge in [0.05, 0.1) is 11.5 Å². The van der Waals surface area contributed by atoms with E-state index in [2.05, 4.69) is 4.90 Å². The molecule has 0 radical (unpaired) electrons. The number of carbonyl (C=O) groups is 1. The van der Waals surface area contributed by atoms with Gasteiger partial charge in [-0.1, -0.05) is 0 Å². The highest BCUT2D eigenvalue weighted by atomic mass is 32.2. The third-order valence-corrected chi connectivity index (χ3v) is 7.93. The lowest BCUT2D eigenvalue weighted by Gasteiger charge is -2.39. The molecule has 1 aromatic rings. The SMILES string of the molecule is COCCN1CCC(C(=O)NO)(S(=O)(=O)c2ccc(SC)cc2)CC1. The van der Waals surface area contributed by atoms with Gasteiger partial charge >= 0.3 is 0 Å². The molecule has 9 heteroatoms. The summed E-state index contributed by atoms with van der Waals surface area (Å²) < 4.78 is 29.8. The average molecular weight is 389 g/mol. The predicted octanol–water partition coefficient (Wildman–Crippen LogP) is 1.17. The smallest absolute Gasteiger partial charge is 0.265 e. The van der Waals surface area contributed by atoms with Crippen molar-refractivity contribution in [3.63, 3.8) is 0 Å². The van der Waals surface area contributed by atoms with Gasteiger partial charge in [0.1, 0.15) is 0 Å². The van der Waals surface area contributed by atoms with Gasteiger partial charge in [-0.2, -0.15) is 0 Å². The van der Waals surface area contributed by atoms with E-state index >= 15 is 0 Å². The molecule has 0 aromatic heterocycles. The first-order chi connectivity index (χ1) is 11.9. The number of hydrogen-bond donors (Lipinski definition) is 2. The van der Waals surface area contributed by atoms with Gasteiger partial charge in [0.25, 0.3) is 5.91 Å². The molecule has 1 aromatic carbocycles. The van der Waals surface area contributed by atoms with E-state index in [-0.39, 0.29) is 17.7 Å². The van der Waals surface area contributed by atoms with Gasteiger partial charge in [-0.05, 0) is 43.4 Å². The molecule has 0 saturated carbocycles. The van der Waals surface area contributed by atoms with Crippen molar-refractivity contribution in [1.82, 2.24) is 10.4 Å². The Morgan fingerprint density at radius 1 is 1.32 bits per heavy atom. The highest BCUT2D eigenvalue weighted by Crippen LogP contribution is 2.36. The van der Waals surface area contributed by atoms with E-state index in [1.165, 1.54) is 23.9 Å². The molecule has 1 fully saturated rings. The van der Waals surface area contributed by atoms with Crippen molar-refractivity contribution in [3.05, 3.63) is 24.3 Å². The number of nitrogens with zero attached hydrogens (tertiary/aromatic N) is 1. The molecule has 0 unspecified atom stereocenters. The van der Waals surface area contributed by atoms with Crippen LogP contribution in [0.3, 0.4) is 0 Å². The van der Waals surface area contributed by atoms with Crippen LogP contribution in [0.5, 0.6) is 0 Å². The first-order valence-corrected chi connectivity index (χ1v) is 10.7. The standard InChI is InChI=1S/C16H24N2O5S2/c1-23-12-11-18-9-7-16(8-10-18,15(19)17-20)25(21,22)14-5-3-13(24-2)4-6-14/h3-6,20H,7-12H2,1-2H3,(H,17,19). The zero-order chi connectivity index (χ0) is 18.5. The molecule has 25 heavy (non-hydrogen) atoms. The number of methoxy groups -OCH3 is 1. The van der Waals surface area contributed by atoms with E-state index in [0.29, 0.717) is 26.2 Å². The first-order valence-electron chi connectivity index (χ1n) is 7.96. The van der Waals surface area contributed by atoms with Crippen LogP contribution in [0.2, 0.25) is 0 Å². The van der Waals surface area contributed by atoms with Crippen LogP contribution in [0.25, 0.3) is 0 Å². The predicted molar refractivity (Wildman–Crippen MR) is 95.6 cm³/mol. The Hall–Kier alpha value is -1.13. The number of carbonyl (C=O) groups excluding carboxylic acids is 1. The molecular weight excluding hydrogens is 364 g/mol. The second kappa shape index (κ2) is 8.50. The van der Waals surface area contributed by atoms with Crippen molar-refractivity contribution in [2.45, 2.75) is 27.4 Å². The summed E-state index contributed by atoms with van der Waals surface area (Å²) >= 11 is 1.51. The zero-order valence-electron chi connectivity index (χ0n) is 14.4. The van der Waals surface area contributed by atoms with Crippen LogP contribution in [-0.4, -0.2) is 68.8 Å². The third kappa shape index (κ3) is 4.01. The fourth-order valence-electron chi connectivity index (χ4n) is 3.06. The summed E-state index contributed by atoms with van der Waals surface area (Å²) in [6, 6.07) is 6.47. The van der Waals surface area contributed by atoms with E-state index in [4.69, 9.17) is 9.94 Å². The Labute approximate surface area is 152 Å². The Balaban J connectivity index is 2.32. The second-order valence-corrected chi connectivity index (χ2v) is 9.09. The lowest BCUT2D eigenvalue weighted by atomic mass is 9.95. The van der Waals surface area contributed by atoms with Gasteiger partial charge in [-0.25, -0.2) is 13.9 Å². The van der Waals surface area contributed by atoms with Crippen LogP contribution in [0.4, 0.5) is 0 Å². The molecule has 1 aliphatic rings. The summed E-state index contributed by atoms with van der Waals surface area (Å²) in [6.45, 7) is 2.11. The monoisotopic (exact) mass is 388 g/mol. The summed E-state index contributed by atoms with van der Waals surface area (Å²) in [5.41, 5.74) is 1.57. The minimum absolute atomic E-state index is 0.0965.